The summed E-state index contributed by atoms with van der Waals surface area (Å²) < 4.78 is 5.46. The second-order valence-electron chi connectivity index (χ2n) is 5.15. The van der Waals surface area contributed by atoms with Crippen LogP contribution >= 0.6 is 22.7 Å². The number of hydrogen-bond donors (Lipinski definition) is 2. The molecule has 0 fully saturated rings. The van der Waals surface area contributed by atoms with Gasteiger partial charge in [0, 0.05) is 5.38 Å². The molecule has 24 heavy (non-hydrogen) atoms. The number of ether oxygens (including phenoxy) is 1. The number of anilines is 2. The van der Waals surface area contributed by atoms with Crippen molar-refractivity contribution in [2.45, 2.75) is 13.8 Å². The summed E-state index contributed by atoms with van der Waals surface area (Å²) in [7, 11) is 0. The number of thiazole rings is 2. The molecule has 0 saturated heterocycles. The average molecular weight is 360 g/mol. The molecule has 0 bridgehead atoms. The van der Waals surface area contributed by atoms with Crippen LogP contribution < -0.4 is 15.8 Å². The Bertz CT molecular complexity index is 855. The predicted molar refractivity (Wildman–Crippen MR) is 97.7 cm³/mol. The monoisotopic (exact) mass is 360 g/mol. The van der Waals surface area contributed by atoms with Crippen molar-refractivity contribution in [3.63, 3.8) is 0 Å². The van der Waals surface area contributed by atoms with Crippen LogP contribution in [-0.2, 0) is 4.79 Å². The lowest BCUT2D eigenvalue weighted by Gasteiger charge is -2.05. The van der Waals surface area contributed by atoms with Crippen LogP contribution in [-0.4, -0.2) is 22.5 Å². The third-order valence-electron chi connectivity index (χ3n) is 3.19. The van der Waals surface area contributed by atoms with Gasteiger partial charge in [-0.15, -0.1) is 11.3 Å². The smallest absolute Gasteiger partial charge is 0.264 e. The number of nitrogens with one attached hydrogen (secondary N) is 1. The number of nitrogen functional groups attached to an aromatic ring is 1. The summed E-state index contributed by atoms with van der Waals surface area (Å²) >= 11 is 2.74. The van der Waals surface area contributed by atoms with Crippen molar-refractivity contribution in [3.8, 4) is 16.3 Å². The van der Waals surface area contributed by atoms with E-state index in [9.17, 15) is 4.79 Å². The summed E-state index contributed by atoms with van der Waals surface area (Å²) in [6, 6.07) is 7.54. The van der Waals surface area contributed by atoms with Gasteiger partial charge in [-0.05, 0) is 26.0 Å². The van der Waals surface area contributed by atoms with Gasteiger partial charge in [0.15, 0.2) is 16.9 Å². The Morgan fingerprint density at radius 2 is 2.00 bits per heavy atom. The van der Waals surface area contributed by atoms with E-state index in [1.165, 1.54) is 22.7 Å². The normalized spacial score (nSPS) is 10.6. The molecule has 0 atom stereocenters. The highest BCUT2D eigenvalue weighted by atomic mass is 32.1. The van der Waals surface area contributed by atoms with E-state index in [0.717, 1.165) is 21.8 Å². The zero-order chi connectivity index (χ0) is 17.1. The summed E-state index contributed by atoms with van der Waals surface area (Å²) in [6.45, 7) is 3.80. The highest BCUT2D eigenvalue weighted by Gasteiger charge is 2.14. The summed E-state index contributed by atoms with van der Waals surface area (Å²) in [5, 5.41) is 5.66. The van der Waals surface area contributed by atoms with E-state index in [1.54, 1.807) is 0 Å². The SMILES string of the molecule is Cc1ccc(OCC(=O)Nc2nc(C)c(-c3csc(N)n3)s2)cc1. The maximum absolute atomic E-state index is 12.0. The lowest BCUT2D eigenvalue weighted by atomic mass is 10.2. The number of amides is 1. The Morgan fingerprint density at radius 1 is 1.25 bits per heavy atom. The number of aromatic nitrogens is 2. The predicted octanol–water partition coefficient (Wildman–Crippen LogP) is 3.48. The van der Waals surface area contributed by atoms with Crippen LogP contribution in [0, 0.1) is 13.8 Å². The molecule has 1 amide bonds. The van der Waals surface area contributed by atoms with Crippen molar-refractivity contribution in [1.29, 1.82) is 0 Å². The van der Waals surface area contributed by atoms with Crippen molar-refractivity contribution in [1.82, 2.24) is 9.97 Å². The van der Waals surface area contributed by atoms with Gasteiger partial charge in [0.25, 0.3) is 5.91 Å². The Morgan fingerprint density at radius 3 is 2.67 bits per heavy atom. The first-order chi connectivity index (χ1) is 11.5. The minimum atomic E-state index is -0.256. The molecule has 0 aliphatic rings. The van der Waals surface area contributed by atoms with Crippen molar-refractivity contribution < 1.29 is 9.53 Å². The molecule has 1 aromatic carbocycles. The molecule has 2 heterocycles. The quantitative estimate of drug-likeness (QED) is 0.727. The first-order valence-corrected chi connectivity index (χ1v) is 8.89. The van der Waals surface area contributed by atoms with Gasteiger partial charge in [-0.1, -0.05) is 29.0 Å². The first-order valence-electron chi connectivity index (χ1n) is 7.19. The van der Waals surface area contributed by atoms with E-state index in [-0.39, 0.29) is 12.5 Å². The molecule has 0 aliphatic carbocycles. The fourth-order valence-electron chi connectivity index (χ4n) is 2.02. The van der Waals surface area contributed by atoms with Crippen LogP contribution in [0.25, 0.3) is 10.6 Å². The van der Waals surface area contributed by atoms with E-state index in [4.69, 9.17) is 10.5 Å². The number of carbonyl (C=O) groups excluding carboxylic acids is 1. The zero-order valence-corrected chi connectivity index (χ0v) is 14.8. The fraction of sp³-hybridized carbons (Fsp3) is 0.188. The number of hydrogen-bond acceptors (Lipinski definition) is 7. The van der Waals surface area contributed by atoms with E-state index < -0.39 is 0 Å². The molecule has 0 saturated carbocycles. The molecule has 3 N–H and O–H groups in total. The van der Waals surface area contributed by atoms with Gasteiger partial charge in [0.1, 0.15) is 5.75 Å². The molecule has 0 aliphatic heterocycles. The highest BCUT2D eigenvalue weighted by molar-refractivity contribution is 7.19. The minimum absolute atomic E-state index is 0.0688. The van der Waals surface area contributed by atoms with E-state index in [1.807, 2.05) is 43.5 Å². The molecule has 0 spiro atoms. The number of nitrogens with zero attached hydrogens (tertiary/aromatic N) is 2. The fourth-order valence-corrected chi connectivity index (χ4v) is 3.59. The number of rotatable bonds is 5. The molecule has 3 rings (SSSR count). The topological polar surface area (TPSA) is 90.1 Å². The van der Waals surface area contributed by atoms with Gasteiger partial charge < -0.3 is 10.5 Å². The third kappa shape index (κ3) is 3.90. The number of nitrogens with two attached hydrogens (primary N) is 1. The van der Waals surface area contributed by atoms with E-state index >= 15 is 0 Å². The van der Waals surface area contributed by atoms with Crippen LogP contribution in [0.5, 0.6) is 5.75 Å². The first kappa shape index (κ1) is 16.4. The number of benzene rings is 1. The Labute approximate surface area is 147 Å². The lowest BCUT2D eigenvalue weighted by molar-refractivity contribution is -0.118. The van der Waals surface area contributed by atoms with E-state index in [2.05, 4.69) is 15.3 Å². The van der Waals surface area contributed by atoms with Gasteiger partial charge in [-0.3, -0.25) is 10.1 Å². The molecule has 2 aromatic heterocycles. The van der Waals surface area contributed by atoms with Crippen LogP contribution in [0.15, 0.2) is 29.6 Å². The summed E-state index contributed by atoms with van der Waals surface area (Å²) in [5.74, 6) is 0.401. The van der Waals surface area contributed by atoms with Gasteiger partial charge in [0.2, 0.25) is 0 Å². The molecule has 8 heteroatoms. The van der Waals surface area contributed by atoms with Crippen molar-refractivity contribution in [2.75, 3.05) is 17.7 Å². The van der Waals surface area contributed by atoms with Crippen LogP contribution in [0.3, 0.4) is 0 Å². The van der Waals surface area contributed by atoms with E-state index in [0.29, 0.717) is 16.0 Å². The number of aryl methyl sites for hydroxylation is 2. The second kappa shape index (κ2) is 6.98. The lowest BCUT2D eigenvalue weighted by Crippen LogP contribution is -2.20. The van der Waals surface area contributed by atoms with Crippen molar-refractivity contribution >= 4 is 38.8 Å². The average Bonchev–Trinajstić information content (AvgIpc) is 3.12. The Hall–Kier alpha value is -2.45. The van der Waals surface area contributed by atoms with Crippen molar-refractivity contribution in [2.24, 2.45) is 0 Å². The molecular formula is C16H16N4O2S2. The maximum atomic E-state index is 12.0. The standard InChI is InChI=1S/C16H16N4O2S2/c1-9-3-5-11(6-4-9)22-7-13(21)20-16-18-10(2)14(24-16)12-8-23-15(17)19-12/h3-6,8H,7H2,1-2H3,(H2,17,19)(H,18,20,21). The van der Waals surface area contributed by atoms with Gasteiger partial charge >= 0.3 is 0 Å². The molecular weight excluding hydrogens is 344 g/mol. The summed E-state index contributed by atoms with van der Waals surface area (Å²) in [4.78, 5) is 21.5. The van der Waals surface area contributed by atoms with Gasteiger partial charge in [0.05, 0.1) is 16.3 Å². The molecule has 0 radical (unpaired) electrons. The molecule has 124 valence electrons. The van der Waals surface area contributed by atoms with Crippen LogP contribution in [0.1, 0.15) is 11.3 Å². The number of carbonyl (C=O) groups is 1. The Balaban J connectivity index is 1.61. The van der Waals surface area contributed by atoms with Gasteiger partial charge in [-0.2, -0.15) is 0 Å². The summed E-state index contributed by atoms with van der Waals surface area (Å²) in [6.07, 6.45) is 0. The summed E-state index contributed by atoms with van der Waals surface area (Å²) in [5.41, 5.74) is 8.39. The van der Waals surface area contributed by atoms with Crippen LogP contribution in [0.4, 0.5) is 10.3 Å². The molecule has 0 unspecified atom stereocenters. The largest absolute Gasteiger partial charge is 0.484 e. The second-order valence-corrected chi connectivity index (χ2v) is 7.04. The third-order valence-corrected chi connectivity index (χ3v) is 4.96. The highest BCUT2D eigenvalue weighted by Crippen LogP contribution is 2.33. The van der Waals surface area contributed by atoms with Crippen molar-refractivity contribution in [3.05, 3.63) is 40.9 Å². The van der Waals surface area contributed by atoms with Gasteiger partial charge in [-0.25, -0.2) is 9.97 Å². The zero-order valence-electron chi connectivity index (χ0n) is 13.2. The van der Waals surface area contributed by atoms with Crippen LogP contribution in [0.2, 0.25) is 0 Å². The molecule has 3 aromatic rings. The maximum Gasteiger partial charge on any atom is 0.264 e. The molecule has 6 nitrogen and oxygen atoms in total. The minimum Gasteiger partial charge on any atom is -0.484 e. The Kier molecular flexibility index (Phi) is 4.77.